The summed E-state index contributed by atoms with van der Waals surface area (Å²) in [6.07, 6.45) is 9.30. The fraction of sp³-hybridized carbons (Fsp3) is 0.250. The van der Waals surface area contributed by atoms with Crippen molar-refractivity contribution >= 4 is 12.2 Å². The number of imidazole rings is 2. The molecule has 0 saturated heterocycles. The highest BCUT2D eigenvalue weighted by atomic mass is 32.1. The molecule has 0 bridgehead atoms. The molecule has 0 fully saturated rings. The Kier molecular flexibility index (Phi) is 2.27. The Hall–Kier alpha value is -1.36. The van der Waals surface area contributed by atoms with Crippen LogP contribution in [0.25, 0.3) is 0 Å². The van der Waals surface area contributed by atoms with Crippen molar-refractivity contribution in [1.29, 1.82) is 0 Å². The van der Waals surface area contributed by atoms with Crippen molar-refractivity contribution in [3.8, 4) is 0 Å². The van der Waals surface area contributed by atoms with Gasteiger partial charge in [-0.05, 0) is 12.2 Å². The summed E-state index contributed by atoms with van der Waals surface area (Å²) in [4.78, 5) is 6.92. The van der Waals surface area contributed by atoms with Crippen LogP contribution in [0.15, 0.2) is 31.1 Å². The molecular weight excluding hydrogens is 184 g/mol. The van der Waals surface area contributed by atoms with Gasteiger partial charge in [0.1, 0.15) is 0 Å². The minimum Gasteiger partial charge on any atom is -0.337 e. The number of hydrogen-bond acceptors (Lipinski definition) is 2. The number of aromatic amines is 1. The minimum atomic E-state index is 0.764. The van der Waals surface area contributed by atoms with Crippen molar-refractivity contribution in [3.63, 3.8) is 0 Å². The topological polar surface area (TPSA) is 38.5 Å². The summed E-state index contributed by atoms with van der Waals surface area (Å²) in [6, 6.07) is 0. The maximum atomic E-state index is 5.06. The summed E-state index contributed by atoms with van der Waals surface area (Å²) < 4.78 is 4.78. The third kappa shape index (κ3) is 1.86. The first-order valence-electron chi connectivity index (χ1n) is 4.06. The van der Waals surface area contributed by atoms with Crippen LogP contribution in [0.1, 0.15) is 0 Å². The second kappa shape index (κ2) is 3.57. The van der Waals surface area contributed by atoms with Crippen LogP contribution in [0.4, 0.5) is 0 Å². The molecule has 2 aromatic heterocycles. The van der Waals surface area contributed by atoms with E-state index >= 15 is 0 Å². The molecule has 0 radical (unpaired) electrons. The number of hydrogen-bond donors (Lipinski definition) is 1. The number of aryl methyl sites for hydroxylation is 2. The molecule has 0 saturated carbocycles. The predicted molar refractivity (Wildman–Crippen MR) is 51.8 cm³/mol. The van der Waals surface area contributed by atoms with Gasteiger partial charge in [0.25, 0.3) is 0 Å². The van der Waals surface area contributed by atoms with Crippen LogP contribution in [0.5, 0.6) is 0 Å². The molecule has 4 nitrogen and oxygen atoms in total. The lowest BCUT2D eigenvalue weighted by Crippen LogP contribution is -2.04. The Balaban J connectivity index is 2.01. The fourth-order valence-electron chi connectivity index (χ4n) is 1.17. The highest BCUT2D eigenvalue weighted by Crippen LogP contribution is 1.93. The molecule has 0 spiro atoms. The second-order valence-corrected chi connectivity index (χ2v) is 3.15. The molecule has 2 heterocycles. The maximum Gasteiger partial charge on any atom is 0.177 e. The van der Waals surface area contributed by atoms with Gasteiger partial charge in [0.2, 0.25) is 0 Å². The summed E-state index contributed by atoms with van der Waals surface area (Å²) in [5.41, 5.74) is 0. The van der Waals surface area contributed by atoms with E-state index in [2.05, 4.69) is 9.97 Å². The normalized spacial score (nSPS) is 10.5. The average molecular weight is 194 g/mol. The van der Waals surface area contributed by atoms with E-state index in [0.717, 1.165) is 17.9 Å². The molecule has 0 aromatic carbocycles. The van der Waals surface area contributed by atoms with Gasteiger partial charge < -0.3 is 14.1 Å². The van der Waals surface area contributed by atoms with E-state index in [0.29, 0.717) is 0 Å². The van der Waals surface area contributed by atoms with Crippen LogP contribution >= 0.6 is 12.2 Å². The number of rotatable bonds is 3. The van der Waals surface area contributed by atoms with Gasteiger partial charge in [0.05, 0.1) is 6.33 Å². The largest absolute Gasteiger partial charge is 0.337 e. The first kappa shape index (κ1) is 8.25. The molecule has 5 heteroatoms. The molecule has 68 valence electrons. The van der Waals surface area contributed by atoms with E-state index < -0.39 is 0 Å². The van der Waals surface area contributed by atoms with Gasteiger partial charge in [-0.25, -0.2) is 4.98 Å². The average Bonchev–Trinajstić information content (AvgIpc) is 2.72. The van der Waals surface area contributed by atoms with Crippen LogP contribution in [0, 0.1) is 4.77 Å². The zero-order valence-electron chi connectivity index (χ0n) is 7.05. The molecule has 0 aliphatic rings. The highest BCUT2D eigenvalue weighted by molar-refractivity contribution is 7.71. The molecule has 13 heavy (non-hydrogen) atoms. The first-order valence-corrected chi connectivity index (χ1v) is 4.46. The quantitative estimate of drug-likeness (QED) is 0.751. The van der Waals surface area contributed by atoms with E-state index in [1.807, 2.05) is 27.7 Å². The van der Waals surface area contributed by atoms with Crippen molar-refractivity contribution in [2.24, 2.45) is 0 Å². The predicted octanol–water partition coefficient (Wildman–Crippen LogP) is 1.44. The summed E-state index contributed by atoms with van der Waals surface area (Å²) in [5, 5.41) is 0. The van der Waals surface area contributed by atoms with Crippen LogP contribution < -0.4 is 0 Å². The molecule has 1 N–H and O–H groups in total. The van der Waals surface area contributed by atoms with Crippen molar-refractivity contribution < 1.29 is 0 Å². The van der Waals surface area contributed by atoms with E-state index in [9.17, 15) is 0 Å². The third-order valence-electron chi connectivity index (χ3n) is 1.88. The second-order valence-electron chi connectivity index (χ2n) is 2.76. The summed E-state index contributed by atoms with van der Waals surface area (Å²) in [5.74, 6) is 0. The van der Waals surface area contributed by atoms with Crippen LogP contribution in [0.3, 0.4) is 0 Å². The standard InChI is InChI=1S/C8H10N4S/c13-8-10-2-4-12(8)6-5-11-3-1-9-7-11/h1-4,7H,5-6H2,(H,10,13). The molecule has 0 atom stereocenters. The Morgan fingerprint density at radius 1 is 1.38 bits per heavy atom. The fourth-order valence-corrected chi connectivity index (χ4v) is 1.39. The summed E-state index contributed by atoms with van der Waals surface area (Å²) in [6.45, 7) is 1.77. The Morgan fingerprint density at radius 3 is 2.92 bits per heavy atom. The Labute approximate surface area is 80.9 Å². The molecule has 0 unspecified atom stereocenters. The number of nitrogens with one attached hydrogen (secondary N) is 1. The molecule has 2 aromatic rings. The number of H-pyrrole nitrogens is 1. The van der Waals surface area contributed by atoms with E-state index in [1.54, 1.807) is 12.5 Å². The van der Waals surface area contributed by atoms with Crippen molar-refractivity contribution in [2.45, 2.75) is 13.1 Å². The molecular formula is C8H10N4S. The highest BCUT2D eigenvalue weighted by Gasteiger charge is 1.93. The summed E-state index contributed by atoms with van der Waals surface area (Å²) in [7, 11) is 0. The van der Waals surface area contributed by atoms with Gasteiger partial charge in [-0.2, -0.15) is 0 Å². The monoisotopic (exact) mass is 194 g/mol. The summed E-state index contributed by atoms with van der Waals surface area (Å²) >= 11 is 5.06. The lowest BCUT2D eigenvalue weighted by molar-refractivity contribution is 0.573. The lowest BCUT2D eigenvalue weighted by Gasteiger charge is -2.02. The van der Waals surface area contributed by atoms with Crippen molar-refractivity contribution in [2.75, 3.05) is 0 Å². The number of nitrogens with zero attached hydrogens (tertiary/aromatic N) is 3. The van der Waals surface area contributed by atoms with Gasteiger partial charge in [0.15, 0.2) is 4.77 Å². The van der Waals surface area contributed by atoms with E-state index in [4.69, 9.17) is 12.2 Å². The number of aromatic nitrogens is 4. The molecule has 2 rings (SSSR count). The van der Waals surface area contributed by atoms with Crippen molar-refractivity contribution in [3.05, 3.63) is 35.9 Å². The van der Waals surface area contributed by atoms with Gasteiger partial charge in [-0.15, -0.1) is 0 Å². The third-order valence-corrected chi connectivity index (χ3v) is 2.23. The van der Waals surface area contributed by atoms with Gasteiger partial charge in [-0.3, -0.25) is 0 Å². The van der Waals surface area contributed by atoms with E-state index in [-0.39, 0.29) is 0 Å². The van der Waals surface area contributed by atoms with Crippen molar-refractivity contribution in [1.82, 2.24) is 19.1 Å². The smallest absolute Gasteiger partial charge is 0.177 e. The first-order chi connectivity index (χ1) is 6.36. The molecule has 0 amide bonds. The van der Waals surface area contributed by atoms with Gasteiger partial charge in [0, 0.05) is 37.9 Å². The maximum absolute atomic E-state index is 5.06. The molecule has 0 aliphatic carbocycles. The van der Waals surface area contributed by atoms with Gasteiger partial charge >= 0.3 is 0 Å². The SMILES string of the molecule is S=c1[nH]ccn1CCn1ccnc1. The minimum absolute atomic E-state index is 0.764. The molecule has 0 aliphatic heterocycles. The van der Waals surface area contributed by atoms with Gasteiger partial charge in [-0.1, -0.05) is 0 Å². The van der Waals surface area contributed by atoms with E-state index in [1.165, 1.54) is 0 Å². The Morgan fingerprint density at radius 2 is 2.31 bits per heavy atom. The lowest BCUT2D eigenvalue weighted by atomic mass is 10.6. The van der Waals surface area contributed by atoms with Crippen LogP contribution in [0.2, 0.25) is 0 Å². The zero-order chi connectivity index (χ0) is 9.10. The zero-order valence-corrected chi connectivity index (χ0v) is 7.87. The van der Waals surface area contributed by atoms with Crippen LogP contribution in [-0.4, -0.2) is 19.1 Å². The Bertz CT molecular complexity index is 411. The van der Waals surface area contributed by atoms with Crippen LogP contribution in [-0.2, 0) is 13.1 Å².